The monoisotopic (exact) mass is 1980 g/mol. The van der Waals surface area contributed by atoms with Crippen molar-refractivity contribution in [2.75, 3.05) is 51.1 Å². The maximum absolute atomic E-state index is 12.9. The molecule has 1 heterocycles. The number of rotatable bonds is 27. The van der Waals surface area contributed by atoms with Gasteiger partial charge in [-0.15, -0.1) is 0 Å². The molecule has 28 nitrogen and oxygen atoms in total. The van der Waals surface area contributed by atoms with Crippen molar-refractivity contribution < 1.29 is 74.9 Å². The predicted molar refractivity (Wildman–Crippen MR) is 551 cm³/mol. The molecule has 37 heteroatoms. The van der Waals surface area contributed by atoms with E-state index >= 15 is 0 Å². The molecule has 0 spiro atoms. The van der Waals surface area contributed by atoms with E-state index in [1.165, 1.54) is 12.8 Å². The van der Waals surface area contributed by atoms with Crippen LogP contribution < -0.4 is 62.8 Å². The fraction of sp³-hybridized carbons (Fsp3) is 0.227. The molecular weight excluding hydrogens is 1870 g/mol. The van der Waals surface area contributed by atoms with Gasteiger partial charge in [-0.25, -0.2) is 17.5 Å². The lowest BCUT2D eigenvalue weighted by Gasteiger charge is -2.34. The van der Waals surface area contributed by atoms with E-state index in [1.807, 2.05) is 103 Å². The SMILES string of the molecule is C=C(C)C(=O)OCCOC(=S)NC(=O)c1ccccc1.CCCCCCOC(=S)NC(=O)c1ccccc1.CO[Si](CO)(CCCNC(=S)NC(=O)c1ccccc1)OC.O=C(NC(=S)N1c2cccc3cccc(c23)S1(=O)=O)c1ccccc1.O=C(NC(=S)NC1CCCCC1NC(=S)NC(=O)c1ccccc1)c1ccccc1.O=C(NC(=S)NCc1ccccc1)c1ccccc1. The van der Waals surface area contributed by atoms with Crippen LogP contribution in [-0.2, 0) is 44.4 Å². The number of nitrogens with zero attached hydrogens (tertiary/aromatic N) is 1. The van der Waals surface area contributed by atoms with Gasteiger partial charge >= 0.3 is 14.5 Å². The van der Waals surface area contributed by atoms with E-state index in [2.05, 4.69) is 72.0 Å². The van der Waals surface area contributed by atoms with E-state index in [4.69, 9.17) is 109 Å². The molecule has 12 rings (SSSR count). The molecule has 134 heavy (non-hydrogen) atoms. The highest BCUT2D eigenvalue weighted by atomic mass is 32.2. The number of unbranched alkanes of at least 4 members (excludes halogenated alkanes) is 3. The number of hydrogen-bond acceptors (Lipinski definition) is 23. The molecule has 0 saturated heterocycles. The fourth-order valence-electron chi connectivity index (χ4n) is 12.5. The Bertz CT molecular complexity index is 5640. The van der Waals surface area contributed by atoms with E-state index < -0.39 is 30.5 Å². The molecule has 1 saturated carbocycles. The zero-order chi connectivity index (χ0) is 97.1. The number of carbonyl (C=O) groups excluding carboxylic acids is 8. The third-order valence-electron chi connectivity index (χ3n) is 19.4. The van der Waals surface area contributed by atoms with Gasteiger partial charge in [-0.05, 0) is 232 Å². The molecule has 2 atom stereocenters. The molecule has 10 aromatic carbocycles. The van der Waals surface area contributed by atoms with Crippen molar-refractivity contribution in [2.24, 2.45) is 0 Å². The number of hydrogen-bond donors (Lipinski definition) is 12. The Morgan fingerprint density at radius 1 is 0.418 bits per heavy atom. The fourth-order valence-corrected chi connectivity index (χ4v) is 17.5. The van der Waals surface area contributed by atoms with E-state index in [9.17, 15) is 51.9 Å². The van der Waals surface area contributed by atoms with Gasteiger partial charge in [0.05, 0.1) is 23.4 Å². The van der Waals surface area contributed by atoms with Gasteiger partial charge in [0, 0.05) is 89.3 Å². The second kappa shape index (κ2) is 59.0. The maximum atomic E-state index is 12.9. The number of anilines is 1. The van der Waals surface area contributed by atoms with Crippen LogP contribution in [0.2, 0.25) is 6.04 Å². The summed E-state index contributed by atoms with van der Waals surface area (Å²) in [4.78, 5) is 95.3. The summed E-state index contributed by atoms with van der Waals surface area (Å²) in [5.74, 6) is -2.48. The van der Waals surface area contributed by atoms with E-state index in [1.54, 1.807) is 197 Å². The molecule has 0 bridgehead atoms. The molecule has 1 aliphatic carbocycles. The lowest BCUT2D eigenvalue weighted by Crippen LogP contribution is -2.57. The zero-order valence-corrected chi connectivity index (χ0v) is 81.5. The van der Waals surface area contributed by atoms with E-state index in [-0.39, 0.29) is 103 Å². The number of aliphatic hydroxyl groups is 1. The summed E-state index contributed by atoms with van der Waals surface area (Å²) in [5, 5.41) is 42.4. The van der Waals surface area contributed by atoms with Crippen molar-refractivity contribution in [3.63, 3.8) is 0 Å². The number of carbonyl (C=O) groups is 8. The minimum Gasteiger partial charge on any atom is -0.471 e. The predicted octanol–water partition coefficient (Wildman–Crippen LogP) is 14.5. The highest BCUT2D eigenvalue weighted by Crippen LogP contribution is 2.42. The summed E-state index contributed by atoms with van der Waals surface area (Å²) < 4.78 is 52.6. The molecule has 0 aromatic heterocycles. The van der Waals surface area contributed by atoms with Crippen LogP contribution in [-0.4, -0.2) is 164 Å². The van der Waals surface area contributed by atoms with Crippen LogP contribution in [0.15, 0.2) is 296 Å². The number of ether oxygens (including phenoxy) is 3. The largest absolute Gasteiger partial charge is 0.471 e. The minimum atomic E-state index is -3.85. The van der Waals surface area contributed by atoms with Gasteiger partial charge in [-0.3, -0.25) is 70.8 Å². The van der Waals surface area contributed by atoms with Crippen molar-refractivity contribution >= 4 is 204 Å². The Balaban J connectivity index is 0.000000221. The van der Waals surface area contributed by atoms with Gasteiger partial charge in [0.2, 0.25) is 0 Å². The Morgan fingerprint density at radius 2 is 0.769 bits per heavy atom. The van der Waals surface area contributed by atoms with Crippen LogP contribution in [0.1, 0.15) is 150 Å². The third-order valence-corrected chi connectivity index (χ3v) is 26.0. The van der Waals surface area contributed by atoms with Gasteiger partial charge in [-0.2, -0.15) is 0 Å². The molecule has 7 amide bonds. The molecular formula is C97H106N12O16S8Si. The highest BCUT2D eigenvalue weighted by molar-refractivity contribution is 7.96. The maximum Gasteiger partial charge on any atom is 0.364 e. The standard InChI is InChI=1S/C22H24N4O2S2.C18H12N2O3S2.C15H14N2OS.C14H22N2O4SSi.C14H15NO4S.C14H19NO2S/c27-19(15-9-3-1-4-10-15)25-21(29)23-17-13-7-8-14-18(17)24-22(30)26-20(28)16-11-5-2-6-12-16;21-17(13-6-2-1-3-7-13)19-18(24)20-14-10-4-8-12-9-5-11-15(16(12)14)25(20,22)23;18-14(13-9-5-2-6-10-13)17-15(19)16-11-12-7-3-1-4-8-12;1-19-22(11-17,20-2)10-6-9-15-14(21)16-13(18)12-7-4-3-5-8-12;1-10(2)13(17)18-8-9-19-14(20)15-12(16)11-6-4-3-5-7-11;1-2-3-4-8-11-17-14(18)15-13(16)12-9-6-5-7-10-12/h1-6,9-12,17-18H,7-8,13-14H2,(H2,23,25,27,29)(H2,24,26,28,30);1-11H,(H,19,21,24);1-10H,11H2,(H2,16,17,18,19);3-5,7-8,17H,6,9-11H2,1-2H3,(H2,15,16,18,21);3-7H,1,8-9H2,2H3,(H,15,16,20);5-7,9-10H,2-4,8,11H2,1H3,(H,15,16,18). The van der Waals surface area contributed by atoms with Gasteiger partial charge in [0.15, 0.2) is 25.6 Å². The number of sulfonamides is 1. The van der Waals surface area contributed by atoms with Crippen LogP contribution >= 0.6 is 85.5 Å². The molecule has 2 unspecified atom stereocenters. The first kappa shape index (κ1) is 108. The van der Waals surface area contributed by atoms with Crippen molar-refractivity contribution in [1.29, 1.82) is 0 Å². The molecule has 12 N–H and O–H groups in total. The Kier molecular flexibility index (Phi) is 47.7. The quantitative estimate of drug-likeness (QED) is 0.00748. The summed E-state index contributed by atoms with van der Waals surface area (Å²) in [5.41, 5.74) is 5.56. The topological polar surface area (TPSA) is 373 Å². The van der Waals surface area contributed by atoms with E-state index in [0.717, 1.165) is 60.2 Å². The number of amides is 7. The molecule has 702 valence electrons. The van der Waals surface area contributed by atoms with Crippen molar-refractivity contribution in [1.82, 2.24) is 58.5 Å². The molecule has 10 aromatic rings. The smallest absolute Gasteiger partial charge is 0.364 e. The minimum absolute atomic E-state index is 0.00565. The van der Waals surface area contributed by atoms with E-state index in [0.29, 0.717) is 86.4 Å². The number of thiocarbonyl (C=S) groups is 7. The third kappa shape index (κ3) is 37.7. The number of esters is 1. The summed E-state index contributed by atoms with van der Waals surface area (Å²) >= 11 is 35.9. The first-order valence-electron chi connectivity index (χ1n) is 42.3. The summed E-state index contributed by atoms with van der Waals surface area (Å²) in [6, 6.07) is 82.6. The summed E-state index contributed by atoms with van der Waals surface area (Å²) in [6.07, 6.45) is 8.98. The first-order valence-corrected chi connectivity index (χ1v) is 48.9. The van der Waals surface area contributed by atoms with Crippen LogP contribution in [0.5, 0.6) is 0 Å². The second-order valence-electron chi connectivity index (χ2n) is 29.1. The van der Waals surface area contributed by atoms with Crippen LogP contribution in [0, 0.1) is 0 Å². The van der Waals surface area contributed by atoms with Crippen LogP contribution in [0.3, 0.4) is 0 Å². The zero-order valence-electron chi connectivity index (χ0n) is 74.0. The summed E-state index contributed by atoms with van der Waals surface area (Å²) in [6.45, 7) is 8.97. The van der Waals surface area contributed by atoms with Crippen LogP contribution in [0.25, 0.3) is 10.8 Å². The highest BCUT2D eigenvalue weighted by Gasteiger charge is 2.39. The molecule has 2 aliphatic rings. The normalized spacial score (nSPS) is 12.6. The molecule has 1 fully saturated rings. The number of nitrogens with one attached hydrogen (secondary N) is 11. The average molecular weight is 1980 g/mol. The lowest BCUT2D eigenvalue weighted by atomic mass is 9.90. The Labute approximate surface area is 818 Å². The van der Waals surface area contributed by atoms with Gasteiger partial charge < -0.3 is 49.4 Å². The second-order valence-corrected chi connectivity index (χ2v) is 37.1. The van der Waals surface area contributed by atoms with Gasteiger partial charge in [0.25, 0.3) is 61.7 Å². The molecule has 1 aliphatic heterocycles. The first-order chi connectivity index (χ1) is 64.6. The van der Waals surface area contributed by atoms with Crippen molar-refractivity contribution in [3.8, 4) is 0 Å². The number of benzene rings is 10. The van der Waals surface area contributed by atoms with Crippen molar-refractivity contribution in [2.45, 2.75) is 101 Å². The Hall–Kier alpha value is -12.8. The average Bonchev–Trinajstić information content (AvgIpc) is 1.57. The van der Waals surface area contributed by atoms with Gasteiger partial charge in [0.1, 0.15) is 13.2 Å². The van der Waals surface area contributed by atoms with Crippen molar-refractivity contribution in [3.05, 3.63) is 336 Å². The lowest BCUT2D eigenvalue weighted by molar-refractivity contribution is -0.139. The van der Waals surface area contributed by atoms with Gasteiger partial charge in [-0.1, -0.05) is 228 Å². The number of aliphatic hydroxyl groups excluding tert-OH is 1. The summed E-state index contributed by atoms with van der Waals surface area (Å²) in [7, 11) is -3.25. The van der Waals surface area contributed by atoms with Crippen LogP contribution in [0.4, 0.5) is 5.69 Å². The molecule has 0 radical (unpaired) electrons. The Morgan fingerprint density at radius 3 is 1.15 bits per heavy atom.